The van der Waals surface area contributed by atoms with E-state index in [9.17, 15) is 14.0 Å². The van der Waals surface area contributed by atoms with E-state index in [0.717, 1.165) is 5.56 Å². The van der Waals surface area contributed by atoms with Crippen LogP contribution in [0.4, 0.5) is 10.1 Å². The lowest BCUT2D eigenvalue weighted by atomic mass is 10.1. The van der Waals surface area contributed by atoms with Crippen LogP contribution in [0, 0.1) is 5.82 Å². The van der Waals surface area contributed by atoms with Crippen LogP contribution in [-0.2, 0) is 17.8 Å². The van der Waals surface area contributed by atoms with Crippen molar-refractivity contribution in [2.45, 2.75) is 18.2 Å². The highest BCUT2D eigenvalue weighted by atomic mass is 32.2. The van der Waals surface area contributed by atoms with Crippen LogP contribution in [-0.4, -0.2) is 32.3 Å². The number of halogens is 1. The third-order valence-corrected chi connectivity index (χ3v) is 5.76. The van der Waals surface area contributed by atoms with E-state index in [1.807, 2.05) is 0 Å². The van der Waals surface area contributed by atoms with Gasteiger partial charge in [0.2, 0.25) is 5.91 Å². The fraction of sp³-hybridized carbons (Fsp3) is 0.136. The fourth-order valence-corrected chi connectivity index (χ4v) is 4.25. The van der Waals surface area contributed by atoms with Crippen LogP contribution in [0.3, 0.4) is 0 Å². The number of rotatable bonds is 6. The Kier molecular flexibility index (Phi) is 5.67. The lowest BCUT2D eigenvalue weighted by Gasteiger charge is -2.15. The standard InChI is InChI=1S/C22H17FN2O4S/c23-16-7-3-14(4-8-16)12-19-20(26)25(13-18-2-1-11-29-18)22(30-19)24-17-9-5-15(6-10-17)21(27)28/h1-11,19H,12-13H2,(H,27,28). The molecule has 3 aromatic rings. The molecular weight excluding hydrogens is 407 g/mol. The summed E-state index contributed by atoms with van der Waals surface area (Å²) in [5.74, 6) is -0.823. The molecule has 0 radical (unpaired) electrons. The summed E-state index contributed by atoms with van der Waals surface area (Å²) in [7, 11) is 0. The van der Waals surface area contributed by atoms with Crippen LogP contribution >= 0.6 is 11.8 Å². The van der Waals surface area contributed by atoms with Crippen molar-refractivity contribution in [3.05, 3.63) is 89.6 Å². The van der Waals surface area contributed by atoms with Crippen molar-refractivity contribution in [2.75, 3.05) is 0 Å². The normalized spacial score (nSPS) is 17.6. The first-order valence-corrected chi connectivity index (χ1v) is 10.0. The van der Waals surface area contributed by atoms with Gasteiger partial charge < -0.3 is 9.52 Å². The predicted octanol–water partition coefficient (Wildman–Crippen LogP) is 4.49. The second-order valence-electron chi connectivity index (χ2n) is 6.69. The van der Waals surface area contributed by atoms with Crippen LogP contribution in [0.1, 0.15) is 21.7 Å². The molecule has 1 N–H and O–H groups in total. The van der Waals surface area contributed by atoms with Crippen LogP contribution in [0.2, 0.25) is 0 Å². The molecule has 1 amide bonds. The van der Waals surface area contributed by atoms with E-state index in [0.29, 0.717) is 23.0 Å². The molecule has 8 heteroatoms. The maximum atomic E-state index is 13.2. The van der Waals surface area contributed by atoms with Gasteiger partial charge in [-0.3, -0.25) is 9.69 Å². The third-order valence-electron chi connectivity index (χ3n) is 4.59. The van der Waals surface area contributed by atoms with E-state index in [1.54, 1.807) is 47.6 Å². The van der Waals surface area contributed by atoms with E-state index >= 15 is 0 Å². The molecule has 0 aliphatic carbocycles. The largest absolute Gasteiger partial charge is 0.478 e. The SMILES string of the molecule is O=C(O)c1ccc(N=C2SC(Cc3ccc(F)cc3)C(=O)N2Cc2ccco2)cc1. The van der Waals surface area contributed by atoms with E-state index < -0.39 is 11.2 Å². The van der Waals surface area contributed by atoms with Crippen LogP contribution < -0.4 is 0 Å². The molecule has 2 aromatic carbocycles. The molecule has 1 aliphatic heterocycles. The van der Waals surface area contributed by atoms with Gasteiger partial charge in [0.25, 0.3) is 0 Å². The number of benzene rings is 2. The minimum Gasteiger partial charge on any atom is -0.478 e. The van der Waals surface area contributed by atoms with Gasteiger partial charge in [-0.2, -0.15) is 0 Å². The summed E-state index contributed by atoms with van der Waals surface area (Å²) in [5, 5.41) is 9.15. The lowest BCUT2D eigenvalue weighted by molar-refractivity contribution is -0.126. The molecule has 1 saturated heterocycles. The number of carboxylic acids is 1. The number of carbonyl (C=O) groups excluding carboxylic acids is 1. The van der Waals surface area contributed by atoms with Gasteiger partial charge >= 0.3 is 5.97 Å². The fourth-order valence-electron chi connectivity index (χ4n) is 3.05. The van der Waals surface area contributed by atoms with E-state index in [4.69, 9.17) is 9.52 Å². The van der Waals surface area contributed by atoms with Crippen molar-refractivity contribution < 1.29 is 23.5 Å². The highest BCUT2D eigenvalue weighted by Crippen LogP contribution is 2.33. The summed E-state index contributed by atoms with van der Waals surface area (Å²) in [6.07, 6.45) is 1.98. The first kappa shape index (κ1) is 19.9. The smallest absolute Gasteiger partial charge is 0.335 e. The van der Waals surface area contributed by atoms with Crippen molar-refractivity contribution in [3.8, 4) is 0 Å². The topological polar surface area (TPSA) is 83.1 Å². The number of aromatic carboxylic acids is 1. The highest BCUT2D eigenvalue weighted by molar-refractivity contribution is 8.15. The molecule has 152 valence electrons. The van der Waals surface area contributed by atoms with E-state index in [1.165, 1.54) is 36.0 Å². The average molecular weight is 424 g/mol. The number of hydrogen-bond acceptors (Lipinski definition) is 5. The van der Waals surface area contributed by atoms with Crippen LogP contribution in [0.15, 0.2) is 76.3 Å². The zero-order valence-electron chi connectivity index (χ0n) is 15.7. The molecule has 6 nitrogen and oxygen atoms in total. The molecule has 1 unspecified atom stereocenters. The van der Waals surface area contributed by atoms with Crippen LogP contribution in [0.5, 0.6) is 0 Å². The number of nitrogens with zero attached hydrogens (tertiary/aromatic N) is 2. The summed E-state index contributed by atoms with van der Waals surface area (Å²) in [5.41, 5.74) is 1.56. The summed E-state index contributed by atoms with van der Waals surface area (Å²) in [6.45, 7) is 0.241. The Bertz CT molecular complexity index is 1080. The quantitative estimate of drug-likeness (QED) is 0.630. The minimum absolute atomic E-state index is 0.110. The summed E-state index contributed by atoms with van der Waals surface area (Å²) in [6, 6.07) is 15.7. The zero-order valence-corrected chi connectivity index (χ0v) is 16.5. The number of carbonyl (C=O) groups is 2. The summed E-state index contributed by atoms with van der Waals surface area (Å²) < 4.78 is 18.6. The molecule has 2 heterocycles. The molecule has 1 atom stereocenters. The van der Waals surface area contributed by atoms with Gasteiger partial charge in [-0.15, -0.1) is 0 Å². The number of aliphatic imine (C=N–C) groups is 1. The van der Waals surface area contributed by atoms with Gasteiger partial charge in [0.15, 0.2) is 5.17 Å². The summed E-state index contributed by atoms with van der Waals surface area (Å²) in [4.78, 5) is 30.2. The lowest BCUT2D eigenvalue weighted by Crippen LogP contribution is -2.32. The molecule has 0 bridgehead atoms. The van der Waals surface area contributed by atoms with Gasteiger partial charge in [0, 0.05) is 0 Å². The van der Waals surface area contributed by atoms with Gasteiger partial charge in [-0.25, -0.2) is 14.2 Å². The van der Waals surface area contributed by atoms with Gasteiger partial charge in [-0.1, -0.05) is 23.9 Å². The molecule has 0 saturated carbocycles. The number of furan rings is 1. The maximum Gasteiger partial charge on any atom is 0.335 e. The first-order valence-electron chi connectivity index (χ1n) is 9.16. The van der Waals surface area contributed by atoms with Gasteiger partial charge in [0.05, 0.1) is 29.3 Å². The van der Waals surface area contributed by atoms with Crippen molar-refractivity contribution in [1.82, 2.24) is 4.90 Å². The monoisotopic (exact) mass is 424 g/mol. The predicted molar refractivity (Wildman–Crippen MR) is 111 cm³/mol. The Morgan fingerprint density at radius 1 is 1.13 bits per heavy atom. The van der Waals surface area contributed by atoms with Crippen LogP contribution in [0.25, 0.3) is 0 Å². The van der Waals surface area contributed by atoms with E-state index in [2.05, 4.69) is 4.99 Å². The summed E-state index contributed by atoms with van der Waals surface area (Å²) >= 11 is 1.33. The Labute approximate surface area is 176 Å². The number of amides is 1. The van der Waals surface area contributed by atoms with E-state index in [-0.39, 0.29) is 23.8 Å². The molecule has 1 aromatic heterocycles. The Balaban J connectivity index is 1.60. The number of carboxylic acid groups (broad SMARTS) is 1. The number of hydrogen-bond donors (Lipinski definition) is 1. The van der Waals surface area contributed by atoms with Crippen molar-refractivity contribution in [2.24, 2.45) is 4.99 Å². The van der Waals surface area contributed by atoms with Crippen molar-refractivity contribution in [1.29, 1.82) is 0 Å². The Morgan fingerprint density at radius 2 is 1.87 bits per heavy atom. The molecule has 4 rings (SSSR count). The molecule has 1 aliphatic rings. The zero-order chi connectivity index (χ0) is 21.1. The molecule has 1 fully saturated rings. The van der Waals surface area contributed by atoms with Gasteiger partial charge in [0.1, 0.15) is 11.6 Å². The molecular formula is C22H17FN2O4S. The minimum atomic E-state index is -1.02. The number of thioether (sulfide) groups is 1. The first-order chi connectivity index (χ1) is 14.5. The Morgan fingerprint density at radius 3 is 2.50 bits per heavy atom. The Hall–Kier alpha value is -3.39. The second kappa shape index (κ2) is 8.54. The molecule has 30 heavy (non-hydrogen) atoms. The number of amidine groups is 1. The van der Waals surface area contributed by atoms with Crippen molar-refractivity contribution in [3.63, 3.8) is 0 Å². The van der Waals surface area contributed by atoms with Gasteiger partial charge in [-0.05, 0) is 60.5 Å². The molecule has 0 spiro atoms. The van der Waals surface area contributed by atoms with Crippen molar-refractivity contribution >= 4 is 34.5 Å². The highest BCUT2D eigenvalue weighted by Gasteiger charge is 2.38. The average Bonchev–Trinajstić information content (AvgIpc) is 3.34. The third kappa shape index (κ3) is 4.44. The maximum absolute atomic E-state index is 13.2. The second-order valence-corrected chi connectivity index (χ2v) is 7.86.